The number of rotatable bonds is 4. The van der Waals surface area contributed by atoms with Gasteiger partial charge in [-0.3, -0.25) is 10.1 Å². The van der Waals surface area contributed by atoms with E-state index in [2.05, 4.69) is 25.8 Å². The number of nitrogens with zero attached hydrogens (tertiary/aromatic N) is 5. The second-order valence-electron chi connectivity index (χ2n) is 6.52. The molecule has 1 amide bonds. The van der Waals surface area contributed by atoms with Crippen LogP contribution in [0.1, 0.15) is 35.1 Å². The first-order valence-corrected chi connectivity index (χ1v) is 8.85. The Bertz CT molecular complexity index is 941. The molecular weight excluding hydrogens is 349 g/mol. The van der Waals surface area contributed by atoms with Crippen LogP contribution >= 0.6 is 0 Å². The highest BCUT2D eigenvalue weighted by atomic mass is 19.1. The first kappa shape index (κ1) is 17.3. The molecule has 1 aromatic carbocycles. The molecule has 2 aromatic heterocycles. The predicted octanol–water partition coefficient (Wildman–Crippen LogP) is 1.86. The lowest BCUT2D eigenvalue weighted by Crippen LogP contribution is -2.27. The van der Waals surface area contributed by atoms with E-state index in [1.165, 1.54) is 16.8 Å². The number of carbonyl (C=O) groups is 1. The van der Waals surface area contributed by atoms with Gasteiger partial charge in [0, 0.05) is 19.2 Å². The Morgan fingerprint density at radius 3 is 2.67 bits per heavy atom. The summed E-state index contributed by atoms with van der Waals surface area (Å²) in [5, 5.41) is 14.8. The summed E-state index contributed by atoms with van der Waals surface area (Å²) in [5.74, 6) is 0.760. The molecule has 27 heavy (non-hydrogen) atoms. The lowest BCUT2D eigenvalue weighted by molar-refractivity contribution is 0.102. The van der Waals surface area contributed by atoms with Crippen LogP contribution in [0.2, 0.25) is 0 Å². The zero-order valence-electron chi connectivity index (χ0n) is 14.9. The van der Waals surface area contributed by atoms with E-state index >= 15 is 0 Å². The average molecular weight is 369 g/mol. The minimum Gasteiger partial charge on any atom is -0.317 e. The van der Waals surface area contributed by atoms with Crippen molar-refractivity contribution in [2.75, 3.05) is 18.4 Å². The van der Waals surface area contributed by atoms with Crippen LogP contribution in [0.4, 0.5) is 10.3 Å². The Hall–Kier alpha value is -3.07. The van der Waals surface area contributed by atoms with Gasteiger partial charge in [-0.15, -0.1) is 0 Å². The standard InChI is InChI=1S/C18H20FN7O/c1-25-18(21-16(24-25)12-6-9-20-10-7-12)22-17(27)15-8-11-26(23-15)14-4-2-13(19)3-5-14/h2-5,8,11-12,20H,6-7,9-10H2,1H3,(H,21,22,24,27). The molecule has 0 atom stereocenters. The smallest absolute Gasteiger partial charge is 0.278 e. The fourth-order valence-electron chi connectivity index (χ4n) is 3.11. The van der Waals surface area contributed by atoms with Gasteiger partial charge in [-0.05, 0) is 56.3 Å². The highest BCUT2D eigenvalue weighted by Gasteiger charge is 2.22. The minimum atomic E-state index is -0.372. The number of piperidine rings is 1. The van der Waals surface area contributed by atoms with Gasteiger partial charge in [-0.25, -0.2) is 13.8 Å². The van der Waals surface area contributed by atoms with Crippen molar-refractivity contribution < 1.29 is 9.18 Å². The fourth-order valence-corrected chi connectivity index (χ4v) is 3.11. The van der Waals surface area contributed by atoms with E-state index in [-0.39, 0.29) is 17.4 Å². The van der Waals surface area contributed by atoms with Crippen molar-refractivity contribution in [2.45, 2.75) is 18.8 Å². The third-order valence-electron chi connectivity index (χ3n) is 4.62. The Kier molecular flexibility index (Phi) is 4.68. The molecule has 8 nitrogen and oxygen atoms in total. The zero-order valence-corrected chi connectivity index (χ0v) is 14.9. The van der Waals surface area contributed by atoms with Gasteiger partial charge in [-0.1, -0.05) is 0 Å². The van der Waals surface area contributed by atoms with E-state index in [4.69, 9.17) is 0 Å². The molecule has 4 rings (SSSR count). The largest absolute Gasteiger partial charge is 0.317 e. The van der Waals surface area contributed by atoms with E-state index in [1.54, 1.807) is 36.1 Å². The topological polar surface area (TPSA) is 89.7 Å². The van der Waals surface area contributed by atoms with Crippen LogP contribution in [0.15, 0.2) is 36.5 Å². The molecule has 9 heteroatoms. The first-order valence-electron chi connectivity index (χ1n) is 8.85. The van der Waals surface area contributed by atoms with Gasteiger partial charge in [0.15, 0.2) is 11.5 Å². The van der Waals surface area contributed by atoms with E-state index in [9.17, 15) is 9.18 Å². The van der Waals surface area contributed by atoms with Crippen molar-refractivity contribution in [3.8, 4) is 5.69 Å². The summed E-state index contributed by atoms with van der Waals surface area (Å²) >= 11 is 0. The van der Waals surface area contributed by atoms with Crippen molar-refractivity contribution in [3.05, 3.63) is 53.9 Å². The van der Waals surface area contributed by atoms with Crippen LogP contribution in [0.25, 0.3) is 5.69 Å². The molecule has 3 heterocycles. The molecule has 1 aliphatic rings. The monoisotopic (exact) mass is 369 g/mol. The average Bonchev–Trinajstić information content (AvgIpc) is 3.31. The lowest BCUT2D eigenvalue weighted by Gasteiger charge is -2.19. The van der Waals surface area contributed by atoms with Crippen LogP contribution in [0.3, 0.4) is 0 Å². The third-order valence-corrected chi connectivity index (χ3v) is 4.62. The van der Waals surface area contributed by atoms with Gasteiger partial charge >= 0.3 is 0 Å². The minimum absolute atomic E-state index is 0.241. The van der Waals surface area contributed by atoms with E-state index < -0.39 is 0 Å². The van der Waals surface area contributed by atoms with Crippen molar-refractivity contribution in [2.24, 2.45) is 7.05 Å². The summed E-state index contributed by atoms with van der Waals surface area (Å²) in [7, 11) is 1.75. The SMILES string of the molecule is Cn1nc(C2CCNCC2)nc1NC(=O)c1ccn(-c2ccc(F)cc2)n1. The summed E-state index contributed by atoms with van der Waals surface area (Å²) in [6.07, 6.45) is 3.62. The summed E-state index contributed by atoms with van der Waals surface area (Å²) < 4.78 is 16.1. The van der Waals surface area contributed by atoms with Crippen molar-refractivity contribution in [1.82, 2.24) is 29.9 Å². The molecule has 0 bridgehead atoms. The van der Waals surface area contributed by atoms with E-state index in [0.717, 1.165) is 31.8 Å². The number of hydrogen-bond donors (Lipinski definition) is 2. The number of amides is 1. The Morgan fingerprint density at radius 2 is 1.93 bits per heavy atom. The number of hydrogen-bond acceptors (Lipinski definition) is 5. The van der Waals surface area contributed by atoms with E-state index in [1.807, 2.05) is 0 Å². The van der Waals surface area contributed by atoms with Gasteiger partial charge in [0.25, 0.3) is 5.91 Å². The van der Waals surface area contributed by atoms with Crippen molar-refractivity contribution >= 4 is 11.9 Å². The maximum absolute atomic E-state index is 13.0. The molecule has 1 saturated heterocycles. The molecule has 2 N–H and O–H groups in total. The molecule has 1 aliphatic heterocycles. The second-order valence-corrected chi connectivity index (χ2v) is 6.52. The number of carbonyl (C=O) groups excluding carboxylic acids is 1. The summed E-state index contributed by atoms with van der Waals surface area (Å²) in [6, 6.07) is 7.48. The molecule has 1 fully saturated rings. The van der Waals surface area contributed by atoms with Gasteiger partial charge in [0.1, 0.15) is 5.82 Å². The number of aryl methyl sites for hydroxylation is 1. The molecule has 0 unspecified atom stereocenters. The normalized spacial score (nSPS) is 15.0. The van der Waals surface area contributed by atoms with Crippen LogP contribution in [-0.4, -0.2) is 43.5 Å². The number of nitrogens with one attached hydrogen (secondary N) is 2. The molecule has 3 aromatic rings. The Labute approximate surface area is 155 Å². The summed E-state index contributed by atoms with van der Waals surface area (Å²) in [6.45, 7) is 1.90. The molecule has 140 valence electrons. The van der Waals surface area contributed by atoms with Crippen LogP contribution < -0.4 is 10.6 Å². The van der Waals surface area contributed by atoms with Gasteiger partial charge in [0.05, 0.1) is 5.69 Å². The van der Waals surface area contributed by atoms with Gasteiger partial charge in [0.2, 0.25) is 5.95 Å². The number of halogens is 1. The van der Waals surface area contributed by atoms with Crippen molar-refractivity contribution in [3.63, 3.8) is 0 Å². The lowest BCUT2D eigenvalue weighted by atomic mass is 9.98. The van der Waals surface area contributed by atoms with Gasteiger partial charge in [-0.2, -0.15) is 15.2 Å². The second kappa shape index (κ2) is 7.28. The highest BCUT2D eigenvalue weighted by Crippen LogP contribution is 2.23. The Morgan fingerprint density at radius 1 is 1.19 bits per heavy atom. The maximum Gasteiger partial charge on any atom is 0.278 e. The zero-order chi connectivity index (χ0) is 18.8. The molecule has 0 aliphatic carbocycles. The van der Waals surface area contributed by atoms with Gasteiger partial charge < -0.3 is 5.32 Å². The molecular formula is C18H20FN7O. The quantitative estimate of drug-likeness (QED) is 0.733. The first-order chi connectivity index (χ1) is 13.1. The molecule has 0 spiro atoms. The third kappa shape index (κ3) is 3.72. The van der Waals surface area contributed by atoms with Crippen LogP contribution in [0, 0.1) is 5.82 Å². The number of benzene rings is 1. The van der Waals surface area contributed by atoms with Crippen molar-refractivity contribution in [1.29, 1.82) is 0 Å². The summed E-state index contributed by atoms with van der Waals surface area (Å²) in [5.41, 5.74) is 0.910. The fraction of sp³-hybridized carbons (Fsp3) is 0.333. The van der Waals surface area contributed by atoms with Crippen LogP contribution in [0.5, 0.6) is 0 Å². The highest BCUT2D eigenvalue weighted by molar-refractivity contribution is 6.01. The summed E-state index contributed by atoms with van der Waals surface area (Å²) in [4.78, 5) is 17.0. The maximum atomic E-state index is 13.0. The number of aromatic nitrogens is 5. The number of anilines is 1. The molecule has 0 radical (unpaired) electrons. The predicted molar refractivity (Wildman–Crippen MR) is 97.3 cm³/mol. The Balaban J connectivity index is 1.48. The van der Waals surface area contributed by atoms with Crippen LogP contribution in [-0.2, 0) is 7.05 Å². The van der Waals surface area contributed by atoms with E-state index in [0.29, 0.717) is 17.6 Å². The molecule has 0 saturated carbocycles.